The minimum Gasteiger partial charge on any atom is -0.334 e. The first kappa shape index (κ1) is 9.76. The zero-order valence-corrected chi connectivity index (χ0v) is 10.1. The molecule has 0 spiro atoms. The Labute approximate surface area is 95.5 Å². The van der Waals surface area contributed by atoms with Crippen molar-refractivity contribution in [3.8, 4) is 0 Å². The molecule has 3 rings (SSSR count). The maximum Gasteiger partial charge on any atom is 0.109 e. The molecule has 3 heterocycles. The molecule has 0 amide bonds. The Bertz CT molecular complexity index is 353. The van der Waals surface area contributed by atoms with Crippen molar-refractivity contribution in [2.45, 2.75) is 44.4 Å². The molecule has 1 aromatic heterocycles. The second-order valence-corrected chi connectivity index (χ2v) is 6.19. The zero-order valence-electron chi connectivity index (χ0n) is 9.28. The van der Waals surface area contributed by atoms with Crippen molar-refractivity contribution in [1.82, 2.24) is 9.55 Å². The van der Waals surface area contributed by atoms with Crippen LogP contribution in [0.15, 0.2) is 6.20 Å². The van der Waals surface area contributed by atoms with Crippen LogP contribution in [-0.2, 0) is 13.0 Å². The fourth-order valence-corrected chi connectivity index (χ4v) is 3.84. The number of imidazole rings is 1. The van der Waals surface area contributed by atoms with Gasteiger partial charge in [-0.15, -0.1) is 0 Å². The van der Waals surface area contributed by atoms with E-state index in [9.17, 15) is 0 Å². The van der Waals surface area contributed by atoms with Crippen molar-refractivity contribution >= 4 is 11.8 Å². The molecule has 1 aromatic rings. The molecule has 2 unspecified atom stereocenters. The van der Waals surface area contributed by atoms with Gasteiger partial charge in [0.15, 0.2) is 0 Å². The van der Waals surface area contributed by atoms with Crippen LogP contribution in [0.25, 0.3) is 0 Å². The first-order chi connectivity index (χ1) is 7.33. The molecule has 2 atom stereocenters. The van der Waals surface area contributed by atoms with E-state index in [1.165, 1.54) is 49.5 Å². The Kier molecular flexibility index (Phi) is 2.51. The smallest absolute Gasteiger partial charge is 0.109 e. The Morgan fingerprint density at radius 3 is 3.20 bits per heavy atom. The molecule has 2 aliphatic heterocycles. The Morgan fingerprint density at radius 2 is 2.40 bits per heavy atom. The van der Waals surface area contributed by atoms with Crippen LogP contribution < -0.4 is 0 Å². The Hall–Kier alpha value is -0.440. The van der Waals surface area contributed by atoms with E-state index in [1.54, 1.807) is 0 Å². The summed E-state index contributed by atoms with van der Waals surface area (Å²) in [6.07, 6.45) is 7.51. The number of aromatic nitrogens is 2. The fourth-order valence-electron chi connectivity index (χ4n) is 2.60. The van der Waals surface area contributed by atoms with E-state index in [2.05, 4.69) is 29.4 Å². The summed E-state index contributed by atoms with van der Waals surface area (Å²) < 4.78 is 2.39. The van der Waals surface area contributed by atoms with Gasteiger partial charge in [0, 0.05) is 24.4 Å². The van der Waals surface area contributed by atoms with Gasteiger partial charge in [0.2, 0.25) is 0 Å². The molecule has 0 aliphatic carbocycles. The first-order valence-electron chi connectivity index (χ1n) is 6.00. The van der Waals surface area contributed by atoms with Crippen LogP contribution in [0.2, 0.25) is 0 Å². The summed E-state index contributed by atoms with van der Waals surface area (Å²) in [5.74, 6) is 3.48. The van der Waals surface area contributed by atoms with E-state index >= 15 is 0 Å². The van der Waals surface area contributed by atoms with Gasteiger partial charge in [0.05, 0.1) is 5.69 Å². The molecule has 15 heavy (non-hydrogen) atoms. The quantitative estimate of drug-likeness (QED) is 0.727. The van der Waals surface area contributed by atoms with Crippen LogP contribution in [0.1, 0.15) is 43.0 Å². The van der Waals surface area contributed by atoms with Gasteiger partial charge < -0.3 is 4.57 Å². The van der Waals surface area contributed by atoms with E-state index in [1.807, 2.05) is 0 Å². The summed E-state index contributed by atoms with van der Waals surface area (Å²) in [6.45, 7) is 3.52. The maximum absolute atomic E-state index is 4.81. The van der Waals surface area contributed by atoms with Crippen LogP contribution in [-0.4, -0.2) is 15.3 Å². The summed E-state index contributed by atoms with van der Waals surface area (Å²) >= 11 is 2.08. The summed E-state index contributed by atoms with van der Waals surface area (Å²) in [6, 6.07) is 0. The highest BCUT2D eigenvalue weighted by molar-refractivity contribution is 7.99. The lowest BCUT2D eigenvalue weighted by atomic mass is 10.0. The summed E-state index contributed by atoms with van der Waals surface area (Å²) in [5, 5.41) is 0.693. The van der Waals surface area contributed by atoms with Crippen LogP contribution >= 0.6 is 11.8 Å². The van der Waals surface area contributed by atoms with Crippen molar-refractivity contribution in [2.24, 2.45) is 5.92 Å². The predicted octanol–water partition coefficient (Wildman–Crippen LogP) is 3.03. The van der Waals surface area contributed by atoms with Crippen LogP contribution in [0.3, 0.4) is 0 Å². The lowest BCUT2D eigenvalue weighted by Gasteiger charge is -2.19. The molecule has 3 heteroatoms. The molecule has 1 fully saturated rings. The fraction of sp³-hybridized carbons (Fsp3) is 0.750. The molecule has 0 bridgehead atoms. The Morgan fingerprint density at radius 1 is 1.47 bits per heavy atom. The second kappa shape index (κ2) is 3.85. The lowest BCUT2D eigenvalue weighted by Crippen LogP contribution is -2.17. The third-order valence-corrected chi connectivity index (χ3v) is 4.91. The van der Waals surface area contributed by atoms with Gasteiger partial charge in [-0.05, 0) is 30.9 Å². The minimum absolute atomic E-state index is 0.693. The van der Waals surface area contributed by atoms with E-state index in [0.29, 0.717) is 5.25 Å². The second-order valence-electron chi connectivity index (χ2n) is 4.88. The third kappa shape index (κ3) is 1.82. The monoisotopic (exact) mass is 222 g/mol. The Balaban J connectivity index is 1.85. The van der Waals surface area contributed by atoms with Gasteiger partial charge in [-0.25, -0.2) is 4.98 Å². The van der Waals surface area contributed by atoms with Crippen molar-refractivity contribution in [3.63, 3.8) is 0 Å². The lowest BCUT2D eigenvalue weighted by molar-refractivity contribution is 0.394. The molecule has 0 aromatic carbocycles. The standard InChI is InChI=1S/C12H18N2S/c1-9-4-5-12-13-10(8-14(12)7-9)11-3-2-6-15-11/h8-9,11H,2-7H2,1H3. The van der Waals surface area contributed by atoms with Crippen LogP contribution in [0.4, 0.5) is 0 Å². The van der Waals surface area contributed by atoms with Gasteiger partial charge in [0.1, 0.15) is 5.82 Å². The molecule has 82 valence electrons. The zero-order chi connectivity index (χ0) is 10.3. The largest absolute Gasteiger partial charge is 0.334 e. The number of hydrogen-bond acceptors (Lipinski definition) is 2. The van der Waals surface area contributed by atoms with E-state index < -0.39 is 0 Å². The normalized spacial score (nSPS) is 30.5. The van der Waals surface area contributed by atoms with Gasteiger partial charge in [-0.2, -0.15) is 11.8 Å². The predicted molar refractivity (Wildman–Crippen MR) is 64.1 cm³/mol. The molecule has 1 saturated heterocycles. The average Bonchev–Trinajstić information content (AvgIpc) is 2.84. The minimum atomic E-state index is 0.693. The van der Waals surface area contributed by atoms with Gasteiger partial charge in [0.25, 0.3) is 0 Å². The van der Waals surface area contributed by atoms with Crippen LogP contribution in [0.5, 0.6) is 0 Å². The third-order valence-electron chi connectivity index (χ3n) is 3.51. The van der Waals surface area contributed by atoms with Crippen molar-refractivity contribution in [2.75, 3.05) is 5.75 Å². The molecule has 2 aliphatic rings. The summed E-state index contributed by atoms with van der Waals surface area (Å²) in [7, 11) is 0. The van der Waals surface area contributed by atoms with Gasteiger partial charge in [-0.1, -0.05) is 6.92 Å². The average molecular weight is 222 g/mol. The van der Waals surface area contributed by atoms with Gasteiger partial charge >= 0.3 is 0 Å². The highest BCUT2D eigenvalue weighted by Gasteiger charge is 2.23. The van der Waals surface area contributed by atoms with Crippen LogP contribution in [0, 0.1) is 5.92 Å². The number of thioether (sulfide) groups is 1. The van der Waals surface area contributed by atoms with E-state index in [-0.39, 0.29) is 0 Å². The highest BCUT2D eigenvalue weighted by Crippen LogP contribution is 2.39. The van der Waals surface area contributed by atoms with Gasteiger partial charge in [-0.3, -0.25) is 0 Å². The highest BCUT2D eigenvalue weighted by atomic mass is 32.2. The number of fused-ring (bicyclic) bond motifs is 1. The molecule has 0 saturated carbocycles. The SMILES string of the molecule is CC1CCc2nc(C3CCCS3)cn2C1. The van der Waals surface area contributed by atoms with Crippen molar-refractivity contribution in [3.05, 3.63) is 17.7 Å². The maximum atomic E-state index is 4.81. The molecular formula is C12H18N2S. The molecule has 2 nitrogen and oxygen atoms in total. The number of nitrogens with zero attached hydrogens (tertiary/aromatic N) is 2. The molecule has 0 N–H and O–H groups in total. The number of hydrogen-bond donors (Lipinski definition) is 0. The summed E-state index contributed by atoms with van der Waals surface area (Å²) in [5.41, 5.74) is 1.35. The number of rotatable bonds is 1. The van der Waals surface area contributed by atoms with E-state index in [4.69, 9.17) is 4.98 Å². The number of aryl methyl sites for hydroxylation is 1. The first-order valence-corrected chi connectivity index (χ1v) is 7.05. The van der Waals surface area contributed by atoms with E-state index in [0.717, 1.165) is 5.92 Å². The molecular weight excluding hydrogens is 204 g/mol. The van der Waals surface area contributed by atoms with Crippen molar-refractivity contribution in [1.29, 1.82) is 0 Å². The topological polar surface area (TPSA) is 17.8 Å². The molecule has 0 radical (unpaired) electrons. The summed E-state index contributed by atoms with van der Waals surface area (Å²) in [4.78, 5) is 4.81. The van der Waals surface area contributed by atoms with Crippen molar-refractivity contribution < 1.29 is 0 Å².